The van der Waals surface area contributed by atoms with Crippen LogP contribution in [0.2, 0.25) is 0 Å². The van der Waals surface area contributed by atoms with Gasteiger partial charge in [0.2, 0.25) is 20.0 Å². The van der Waals surface area contributed by atoms with Crippen LogP contribution in [-0.2, 0) is 24.8 Å². The van der Waals surface area contributed by atoms with E-state index in [0.717, 1.165) is 26.7 Å². The number of carbonyl (C=O) groups is 1. The highest BCUT2D eigenvalue weighted by molar-refractivity contribution is 7.92. The van der Waals surface area contributed by atoms with E-state index in [1.54, 1.807) is 36.4 Å². The molecule has 0 bridgehead atoms. The second-order valence-corrected chi connectivity index (χ2v) is 11.1. The van der Waals surface area contributed by atoms with Crippen LogP contribution in [0.25, 0.3) is 0 Å². The van der Waals surface area contributed by atoms with Crippen LogP contribution in [0, 0.1) is 6.92 Å². The van der Waals surface area contributed by atoms with Gasteiger partial charge in [-0.3, -0.25) is 13.4 Å². The van der Waals surface area contributed by atoms with Crippen LogP contribution in [-0.4, -0.2) is 55.0 Å². The lowest BCUT2D eigenvalue weighted by Gasteiger charge is -2.34. The molecule has 9 nitrogen and oxygen atoms in total. The maximum absolute atomic E-state index is 12.8. The highest BCUT2D eigenvalue weighted by atomic mass is 32.2. The third-order valence-electron chi connectivity index (χ3n) is 4.65. The summed E-state index contributed by atoms with van der Waals surface area (Å²) in [5, 5.41) is 2.67. The van der Waals surface area contributed by atoms with Crippen molar-refractivity contribution in [2.75, 3.05) is 40.0 Å². The molecule has 162 valence electrons. The Labute approximate surface area is 176 Å². The molecule has 3 rings (SSSR count). The summed E-state index contributed by atoms with van der Waals surface area (Å²) in [4.78, 5) is 12.8. The quantitative estimate of drug-likeness (QED) is 0.735. The first-order valence-electron chi connectivity index (χ1n) is 8.96. The molecule has 1 aliphatic heterocycles. The normalized spacial score (nSPS) is 16.4. The third kappa shape index (κ3) is 4.68. The molecule has 0 aromatic heterocycles. The van der Waals surface area contributed by atoms with E-state index in [1.165, 1.54) is 13.1 Å². The average molecular weight is 454 g/mol. The summed E-state index contributed by atoms with van der Waals surface area (Å²) < 4.78 is 56.0. The molecule has 1 N–H and O–H groups in total. The molecule has 0 aliphatic carbocycles. The van der Waals surface area contributed by atoms with Crippen LogP contribution >= 0.6 is 0 Å². The van der Waals surface area contributed by atoms with E-state index in [9.17, 15) is 21.6 Å². The van der Waals surface area contributed by atoms with Gasteiger partial charge in [0.1, 0.15) is 5.75 Å². The van der Waals surface area contributed by atoms with E-state index in [2.05, 4.69) is 5.32 Å². The molecule has 0 fully saturated rings. The zero-order valence-electron chi connectivity index (χ0n) is 17.0. The van der Waals surface area contributed by atoms with Crippen LogP contribution in [0.4, 0.5) is 17.1 Å². The number of amides is 1. The molecular formula is C19H23N3O6S2. The number of rotatable bonds is 5. The standard InChI is InChI=1S/C19H23N3O6S2/c1-13-8-9-17-16(10-13)22(30(4,26)27)12-18(28-17)19(23)20-14-6-5-7-15(11-14)21(2)29(3,24)25/h5-11,18H,12H2,1-4H3,(H,20,23). The van der Waals surface area contributed by atoms with Crippen molar-refractivity contribution in [3.05, 3.63) is 48.0 Å². The lowest BCUT2D eigenvalue weighted by molar-refractivity contribution is -0.122. The largest absolute Gasteiger partial charge is 0.476 e. The molecule has 1 atom stereocenters. The first-order valence-corrected chi connectivity index (χ1v) is 12.7. The lowest BCUT2D eigenvalue weighted by atomic mass is 10.1. The number of hydrogen-bond acceptors (Lipinski definition) is 6. The van der Waals surface area contributed by atoms with Crippen molar-refractivity contribution >= 4 is 43.0 Å². The van der Waals surface area contributed by atoms with Gasteiger partial charge in [-0.25, -0.2) is 16.8 Å². The number of benzene rings is 2. The smallest absolute Gasteiger partial charge is 0.267 e. The maximum atomic E-state index is 12.8. The minimum atomic E-state index is -3.63. The zero-order chi connectivity index (χ0) is 22.3. The van der Waals surface area contributed by atoms with Crippen LogP contribution < -0.4 is 18.7 Å². The Morgan fingerprint density at radius 3 is 2.47 bits per heavy atom. The van der Waals surface area contributed by atoms with Gasteiger partial charge in [0.25, 0.3) is 5.91 Å². The summed E-state index contributed by atoms with van der Waals surface area (Å²) in [6.45, 7) is 1.66. The molecule has 1 unspecified atom stereocenters. The van der Waals surface area contributed by atoms with Gasteiger partial charge in [-0.1, -0.05) is 12.1 Å². The molecular weight excluding hydrogens is 430 g/mol. The number of anilines is 3. The number of sulfonamides is 2. The molecule has 1 amide bonds. The van der Waals surface area contributed by atoms with Crippen molar-refractivity contribution in [1.82, 2.24) is 0 Å². The van der Waals surface area contributed by atoms with Crippen LogP contribution in [0.1, 0.15) is 5.56 Å². The van der Waals surface area contributed by atoms with E-state index < -0.39 is 32.1 Å². The number of ether oxygens (including phenoxy) is 1. The first-order chi connectivity index (χ1) is 13.9. The average Bonchev–Trinajstić information content (AvgIpc) is 2.65. The summed E-state index contributed by atoms with van der Waals surface area (Å²) >= 11 is 0. The van der Waals surface area contributed by atoms with Gasteiger partial charge < -0.3 is 10.1 Å². The van der Waals surface area contributed by atoms with Crippen LogP contribution in [0.5, 0.6) is 5.75 Å². The highest BCUT2D eigenvalue weighted by Gasteiger charge is 2.35. The van der Waals surface area contributed by atoms with Crippen molar-refractivity contribution in [2.24, 2.45) is 0 Å². The van der Waals surface area contributed by atoms with E-state index in [1.807, 2.05) is 6.92 Å². The van der Waals surface area contributed by atoms with Gasteiger partial charge in [-0.15, -0.1) is 0 Å². The van der Waals surface area contributed by atoms with Crippen molar-refractivity contribution in [3.63, 3.8) is 0 Å². The lowest BCUT2D eigenvalue weighted by Crippen LogP contribution is -2.48. The Hall–Kier alpha value is -2.79. The molecule has 0 saturated carbocycles. The zero-order valence-corrected chi connectivity index (χ0v) is 18.6. The number of fused-ring (bicyclic) bond motifs is 1. The second kappa shape index (κ2) is 7.80. The predicted molar refractivity (Wildman–Crippen MR) is 116 cm³/mol. The highest BCUT2D eigenvalue weighted by Crippen LogP contribution is 2.36. The minimum Gasteiger partial charge on any atom is -0.476 e. The van der Waals surface area contributed by atoms with E-state index in [-0.39, 0.29) is 6.54 Å². The summed E-state index contributed by atoms with van der Waals surface area (Å²) in [5.41, 5.74) is 1.98. The fraction of sp³-hybridized carbons (Fsp3) is 0.316. The van der Waals surface area contributed by atoms with Gasteiger partial charge in [-0.2, -0.15) is 0 Å². The monoisotopic (exact) mass is 453 g/mol. The van der Waals surface area contributed by atoms with Crippen molar-refractivity contribution in [1.29, 1.82) is 0 Å². The fourth-order valence-corrected chi connectivity index (χ4v) is 4.41. The summed E-state index contributed by atoms with van der Waals surface area (Å²) in [6.07, 6.45) is 1.07. The summed E-state index contributed by atoms with van der Waals surface area (Å²) in [7, 11) is -5.68. The Balaban J connectivity index is 1.85. The number of carbonyl (C=O) groups excluding carboxylic acids is 1. The van der Waals surface area contributed by atoms with Gasteiger partial charge in [-0.05, 0) is 42.8 Å². The molecule has 2 aromatic carbocycles. The minimum absolute atomic E-state index is 0.177. The van der Waals surface area contributed by atoms with Crippen LogP contribution in [0.3, 0.4) is 0 Å². The van der Waals surface area contributed by atoms with Gasteiger partial charge in [0, 0.05) is 12.7 Å². The van der Waals surface area contributed by atoms with Crippen LogP contribution in [0.15, 0.2) is 42.5 Å². The molecule has 1 aliphatic rings. The first kappa shape index (κ1) is 21.9. The van der Waals surface area contributed by atoms with E-state index in [4.69, 9.17) is 4.74 Å². The Morgan fingerprint density at radius 2 is 1.83 bits per heavy atom. The second-order valence-electron chi connectivity index (χ2n) is 7.14. The van der Waals surface area contributed by atoms with Crippen molar-refractivity contribution in [3.8, 4) is 5.75 Å². The maximum Gasteiger partial charge on any atom is 0.267 e. The molecule has 30 heavy (non-hydrogen) atoms. The third-order valence-corrected chi connectivity index (χ3v) is 7.00. The number of nitrogens with one attached hydrogen (secondary N) is 1. The van der Waals surface area contributed by atoms with Gasteiger partial charge >= 0.3 is 0 Å². The van der Waals surface area contributed by atoms with Gasteiger partial charge in [0.05, 0.1) is 30.4 Å². The fourth-order valence-electron chi connectivity index (χ4n) is 3.01. The summed E-state index contributed by atoms with van der Waals surface area (Å²) in [6, 6.07) is 11.4. The molecule has 11 heteroatoms. The van der Waals surface area contributed by atoms with Crippen molar-refractivity contribution in [2.45, 2.75) is 13.0 Å². The summed E-state index contributed by atoms with van der Waals surface area (Å²) in [5.74, 6) is -0.253. The Morgan fingerprint density at radius 1 is 1.13 bits per heavy atom. The topological polar surface area (TPSA) is 113 Å². The SMILES string of the molecule is Cc1ccc2c(c1)N(S(C)(=O)=O)CC(C(=O)Nc1cccc(N(C)S(C)(=O)=O)c1)O2. The molecule has 0 radical (unpaired) electrons. The van der Waals surface area contributed by atoms with E-state index in [0.29, 0.717) is 22.8 Å². The predicted octanol–water partition coefficient (Wildman–Crippen LogP) is 1.56. The van der Waals surface area contributed by atoms with E-state index >= 15 is 0 Å². The molecule has 0 saturated heterocycles. The number of aryl methyl sites for hydroxylation is 1. The Kier molecular flexibility index (Phi) is 5.70. The molecule has 2 aromatic rings. The van der Waals surface area contributed by atoms with Gasteiger partial charge in [0.15, 0.2) is 6.10 Å². The van der Waals surface area contributed by atoms with Crippen molar-refractivity contribution < 1.29 is 26.4 Å². The molecule has 1 heterocycles. The Bertz CT molecular complexity index is 1190. The number of nitrogens with zero attached hydrogens (tertiary/aromatic N) is 2. The number of hydrogen-bond donors (Lipinski definition) is 1. The molecule has 0 spiro atoms.